The maximum atomic E-state index is 5.70. The SMILES string of the molecule is CCC1CCC(N(C)c2ccc(CN)cc2C)CC1. The van der Waals surface area contributed by atoms with Crippen molar-refractivity contribution in [3.8, 4) is 0 Å². The normalized spacial score (nSPS) is 23.4. The van der Waals surface area contributed by atoms with Gasteiger partial charge in [0.15, 0.2) is 0 Å². The van der Waals surface area contributed by atoms with E-state index in [4.69, 9.17) is 5.73 Å². The number of hydrogen-bond donors (Lipinski definition) is 1. The Morgan fingerprint density at radius 1 is 1.21 bits per heavy atom. The molecule has 0 atom stereocenters. The highest BCUT2D eigenvalue weighted by molar-refractivity contribution is 5.54. The molecular formula is C17H28N2. The van der Waals surface area contributed by atoms with Crippen LogP contribution in [-0.2, 0) is 6.54 Å². The average molecular weight is 260 g/mol. The lowest BCUT2D eigenvalue weighted by molar-refractivity contribution is 0.313. The van der Waals surface area contributed by atoms with Crippen molar-refractivity contribution in [2.75, 3.05) is 11.9 Å². The summed E-state index contributed by atoms with van der Waals surface area (Å²) in [6.45, 7) is 5.15. The first kappa shape index (κ1) is 14.4. The van der Waals surface area contributed by atoms with Gasteiger partial charge in [-0.2, -0.15) is 0 Å². The fraction of sp³-hybridized carbons (Fsp3) is 0.647. The second kappa shape index (κ2) is 6.42. The summed E-state index contributed by atoms with van der Waals surface area (Å²) < 4.78 is 0. The second-order valence-corrected chi connectivity index (χ2v) is 6.02. The molecule has 1 aromatic carbocycles. The molecule has 0 spiro atoms. The Kier molecular flexibility index (Phi) is 4.87. The van der Waals surface area contributed by atoms with E-state index in [-0.39, 0.29) is 0 Å². The van der Waals surface area contributed by atoms with E-state index in [0.717, 1.165) is 5.92 Å². The monoisotopic (exact) mass is 260 g/mol. The van der Waals surface area contributed by atoms with Gasteiger partial charge in [0.1, 0.15) is 0 Å². The third kappa shape index (κ3) is 3.30. The van der Waals surface area contributed by atoms with Gasteiger partial charge in [0.05, 0.1) is 0 Å². The van der Waals surface area contributed by atoms with E-state index in [0.29, 0.717) is 12.6 Å². The molecule has 2 heteroatoms. The van der Waals surface area contributed by atoms with Crippen LogP contribution in [0.5, 0.6) is 0 Å². The van der Waals surface area contributed by atoms with Gasteiger partial charge in [0, 0.05) is 25.3 Å². The molecule has 2 rings (SSSR count). The van der Waals surface area contributed by atoms with Crippen molar-refractivity contribution in [3.63, 3.8) is 0 Å². The van der Waals surface area contributed by atoms with Gasteiger partial charge >= 0.3 is 0 Å². The fourth-order valence-corrected chi connectivity index (χ4v) is 3.38. The van der Waals surface area contributed by atoms with Crippen LogP contribution in [0.4, 0.5) is 5.69 Å². The van der Waals surface area contributed by atoms with E-state index in [1.165, 1.54) is 48.9 Å². The van der Waals surface area contributed by atoms with Gasteiger partial charge in [0.2, 0.25) is 0 Å². The molecule has 2 nitrogen and oxygen atoms in total. The molecule has 19 heavy (non-hydrogen) atoms. The van der Waals surface area contributed by atoms with Crippen molar-refractivity contribution in [1.29, 1.82) is 0 Å². The summed E-state index contributed by atoms with van der Waals surface area (Å²) in [6, 6.07) is 7.34. The second-order valence-electron chi connectivity index (χ2n) is 6.02. The molecule has 0 bridgehead atoms. The first-order valence-electron chi connectivity index (χ1n) is 7.68. The summed E-state index contributed by atoms with van der Waals surface area (Å²) in [5, 5.41) is 0. The van der Waals surface area contributed by atoms with Crippen molar-refractivity contribution in [2.45, 2.75) is 58.5 Å². The molecule has 1 fully saturated rings. The van der Waals surface area contributed by atoms with Gasteiger partial charge in [-0.15, -0.1) is 0 Å². The van der Waals surface area contributed by atoms with Crippen LogP contribution in [0.3, 0.4) is 0 Å². The summed E-state index contributed by atoms with van der Waals surface area (Å²) >= 11 is 0. The van der Waals surface area contributed by atoms with Crippen LogP contribution in [0, 0.1) is 12.8 Å². The lowest BCUT2D eigenvalue weighted by Crippen LogP contribution is -2.35. The average Bonchev–Trinajstić information content (AvgIpc) is 2.46. The van der Waals surface area contributed by atoms with Crippen LogP contribution >= 0.6 is 0 Å². The number of nitrogens with two attached hydrogens (primary N) is 1. The molecule has 2 N–H and O–H groups in total. The highest BCUT2D eigenvalue weighted by Gasteiger charge is 2.23. The highest BCUT2D eigenvalue weighted by Crippen LogP contribution is 2.32. The Labute approximate surface area is 118 Å². The van der Waals surface area contributed by atoms with Crippen molar-refractivity contribution in [2.24, 2.45) is 11.7 Å². The molecule has 0 amide bonds. The Bertz CT molecular complexity index is 406. The highest BCUT2D eigenvalue weighted by atomic mass is 15.1. The molecule has 0 unspecified atom stereocenters. The van der Waals surface area contributed by atoms with Crippen LogP contribution in [0.15, 0.2) is 18.2 Å². The smallest absolute Gasteiger partial charge is 0.0396 e. The Balaban J connectivity index is 2.05. The molecule has 0 aromatic heterocycles. The van der Waals surface area contributed by atoms with Crippen LogP contribution in [0.1, 0.15) is 50.2 Å². The number of rotatable bonds is 4. The molecular weight excluding hydrogens is 232 g/mol. The van der Waals surface area contributed by atoms with Gasteiger partial charge in [0.25, 0.3) is 0 Å². The van der Waals surface area contributed by atoms with Gasteiger partial charge in [-0.05, 0) is 55.7 Å². The number of aryl methyl sites for hydroxylation is 1. The van der Waals surface area contributed by atoms with E-state index in [9.17, 15) is 0 Å². The number of nitrogens with zero attached hydrogens (tertiary/aromatic N) is 1. The number of anilines is 1. The molecule has 0 heterocycles. The maximum absolute atomic E-state index is 5.70. The van der Waals surface area contributed by atoms with Gasteiger partial charge in [-0.3, -0.25) is 0 Å². The van der Waals surface area contributed by atoms with E-state index >= 15 is 0 Å². The zero-order valence-electron chi connectivity index (χ0n) is 12.7. The van der Waals surface area contributed by atoms with E-state index in [2.05, 4.69) is 44.0 Å². The molecule has 1 aliphatic rings. The Hall–Kier alpha value is -1.02. The summed E-state index contributed by atoms with van der Waals surface area (Å²) in [5.74, 6) is 0.963. The van der Waals surface area contributed by atoms with Crippen LogP contribution < -0.4 is 10.6 Å². The standard InChI is InChI=1S/C17H28N2/c1-4-14-5-8-16(9-6-14)19(3)17-10-7-15(12-18)11-13(17)2/h7,10-11,14,16H,4-6,8-9,12,18H2,1-3H3. The zero-order valence-corrected chi connectivity index (χ0v) is 12.7. The van der Waals surface area contributed by atoms with Gasteiger partial charge < -0.3 is 10.6 Å². The predicted octanol–water partition coefficient (Wildman–Crippen LogP) is 3.86. The zero-order chi connectivity index (χ0) is 13.8. The third-order valence-corrected chi connectivity index (χ3v) is 4.82. The lowest BCUT2D eigenvalue weighted by Gasteiger charge is -2.36. The number of hydrogen-bond acceptors (Lipinski definition) is 2. The van der Waals surface area contributed by atoms with E-state index in [1.54, 1.807) is 0 Å². The molecule has 0 aliphatic heterocycles. The molecule has 0 radical (unpaired) electrons. The van der Waals surface area contributed by atoms with Gasteiger partial charge in [-0.25, -0.2) is 0 Å². The fourth-order valence-electron chi connectivity index (χ4n) is 3.38. The van der Waals surface area contributed by atoms with E-state index < -0.39 is 0 Å². The summed E-state index contributed by atoms with van der Waals surface area (Å²) in [4.78, 5) is 2.49. The van der Waals surface area contributed by atoms with E-state index in [1.807, 2.05) is 0 Å². The molecule has 1 aromatic rings. The Morgan fingerprint density at radius 2 is 1.89 bits per heavy atom. The quantitative estimate of drug-likeness (QED) is 0.890. The molecule has 106 valence electrons. The Morgan fingerprint density at radius 3 is 2.42 bits per heavy atom. The van der Waals surface area contributed by atoms with Crippen molar-refractivity contribution in [1.82, 2.24) is 0 Å². The first-order chi connectivity index (χ1) is 9.15. The minimum Gasteiger partial charge on any atom is -0.371 e. The lowest BCUT2D eigenvalue weighted by atomic mass is 9.84. The summed E-state index contributed by atoms with van der Waals surface area (Å²) in [6.07, 6.45) is 6.82. The largest absolute Gasteiger partial charge is 0.371 e. The van der Waals surface area contributed by atoms with Crippen LogP contribution in [0.25, 0.3) is 0 Å². The number of benzene rings is 1. The minimum absolute atomic E-state index is 0.631. The predicted molar refractivity (Wildman–Crippen MR) is 83.5 cm³/mol. The van der Waals surface area contributed by atoms with Crippen LogP contribution in [0.2, 0.25) is 0 Å². The van der Waals surface area contributed by atoms with Crippen molar-refractivity contribution < 1.29 is 0 Å². The third-order valence-electron chi connectivity index (χ3n) is 4.82. The molecule has 0 saturated heterocycles. The molecule has 1 saturated carbocycles. The maximum Gasteiger partial charge on any atom is 0.0396 e. The minimum atomic E-state index is 0.631. The van der Waals surface area contributed by atoms with Crippen LogP contribution in [-0.4, -0.2) is 13.1 Å². The summed E-state index contributed by atoms with van der Waals surface area (Å²) in [5.41, 5.74) is 9.65. The van der Waals surface area contributed by atoms with Crippen molar-refractivity contribution in [3.05, 3.63) is 29.3 Å². The summed E-state index contributed by atoms with van der Waals surface area (Å²) in [7, 11) is 2.25. The van der Waals surface area contributed by atoms with Crippen molar-refractivity contribution >= 4 is 5.69 Å². The van der Waals surface area contributed by atoms with Gasteiger partial charge in [-0.1, -0.05) is 25.5 Å². The molecule has 1 aliphatic carbocycles. The topological polar surface area (TPSA) is 29.3 Å². The first-order valence-corrected chi connectivity index (χ1v) is 7.68.